The van der Waals surface area contributed by atoms with Gasteiger partial charge in [0, 0.05) is 6.54 Å². The number of nitrogens with two attached hydrogens (primary N) is 1. The lowest BCUT2D eigenvalue weighted by Crippen LogP contribution is -2.64. The summed E-state index contributed by atoms with van der Waals surface area (Å²) >= 11 is 0. The zero-order valence-electron chi connectivity index (χ0n) is 25.2. The van der Waals surface area contributed by atoms with Crippen LogP contribution in [0.4, 0.5) is 0 Å². The maximum Gasteiger partial charge on any atom is 0.308 e. The van der Waals surface area contributed by atoms with Gasteiger partial charge in [0.15, 0.2) is 0 Å². The highest BCUT2D eigenvalue weighted by Crippen LogP contribution is 2.13. The minimum atomic E-state index is -1.40. The van der Waals surface area contributed by atoms with E-state index in [1.165, 1.54) is 27.7 Å². The van der Waals surface area contributed by atoms with Gasteiger partial charge in [0.05, 0.1) is 12.5 Å². The van der Waals surface area contributed by atoms with E-state index < -0.39 is 58.4 Å². The lowest BCUT2D eigenvalue weighted by molar-refractivity contribution is -0.154. The Morgan fingerprint density at radius 1 is 0.737 bits per heavy atom. The predicted octanol–water partition coefficient (Wildman–Crippen LogP) is 1.53. The fourth-order valence-electron chi connectivity index (χ4n) is 3.44. The van der Waals surface area contributed by atoms with Crippen molar-refractivity contribution < 1.29 is 28.7 Å². The van der Waals surface area contributed by atoms with E-state index in [0.717, 1.165) is 0 Å². The lowest BCUT2D eigenvalue weighted by atomic mass is 9.96. The molecule has 4 amide bonds. The molecule has 2 unspecified atom stereocenters. The van der Waals surface area contributed by atoms with E-state index in [2.05, 4.69) is 21.3 Å². The Hall–Kier alpha value is -2.69. The summed E-state index contributed by atoms with van der Waals surface area (Å²) in [5.41, 5.74) is 2.62. The maximum atomic E-state index is 13.1. The second-order valence-corrected chi connectivity index (χ2v) is 12.7. The first-order valence-electron chi connectivity index (χ1n) is 13.3. The molecule has 0 saturated heterocycles. The number of nitrogens with one attached hydrogen (secondary N) is 4. The molecule has 0 saturated carbocycles. The van der Waals surface area contributed by atoms with Gasteiger partial charge in [0.25, 0.3) is 0 Å². The van der Waals surface area contributed by atoms with Crippen LogP contribution in [0.5, 0.6) is 0 Å². The summed E-state index contributed by atoms with van der Waals surface area (Å²) in [6.07, 6.45) is 0.818. The quantitative estimate of drug-likeness (QED) is 0.208. The van der Waals surface area contributed by atoms with E-state index in [4.69, 9.17) is 10.5 Å². The molecule has 6 N–H and O–H groups in total. The van der Waals surface area contributed by atoms with Crippen LogP contribution in [0.3, 0.4) is 0 Å². The van der Waals surface area contributed by atoms with Crippen molar-refractivity contribution in [2.45, 2.75) is 124 Å². The molecule has 0 aliphatic carbocycles. The van der Waals surface area contributed by atoms with Crippen molar-refractivity contribution in [3.8, 4) is 0 Å². The Labute approximate surface area is 228 Å². The standard InChI is InChI=1S/C27H51N5O6/c1-16(2)14-18(28)21(34)30-19(15-17(3)4)22(35)31-27(10,11)24(37)32-26(8,9)23(36)29-13-12-20(33)38-25(5,6)7/h16-19H,12-15,28H2,1-11H3,(H,29,36)(H,30,34)(H,31,35)(H,32,37). The van der Waals surface area contributed by atoms with Gasteiger partial charge in [-0.1, -0.05) is 27.7 Å². The molecular weight excluding hydrogens is 490 g/mol. The van der Waals surface area contributed by atoms with Gasteiger partial charge in [-0.2, -0.15) is 0 Å². The SMILES string of the molecule is CC(C)CC(N)C(=O)NC(CC(C)C)C(=O)NC(C)(C)C(=O)NC(C)(C)C(=O)NCCC(=O)OC(C)(C)C. The van der Waals surface area contributed by atoms with E-state index in [1.54, 1.807) is 20.8 Å². The number of rotatable bonds is 14. The Bertz CT molecular complexity index is 845. The van der Waals surface area contributed by atoms with Crippen molar-refractivity contribution in [3.63, 3.8) is 0 Å². The van der Waals surface area contributed by atoms with Crippen LogP contribution < -0.4 is 27.0 Å². The van der Waals surface area contributed by atoms with Crippen LogP contribution >= 0.6 is 0 Å². The molecule has 0 aromatic heterocycles. The van der Waals surface area contributed by atoms with Crippen molar-refractivity contribution in [1.82, 2.24) is 21.3 Å². The van der Waals surface area contributed by atoms with E-state index in [-0.39, 0.29) is 24.8 Å². The Balaban J connectivity index is 5.19. The second kappa shape index (κ2) is 14.5. The Morgan fingerprint density at radius 2 is 1.24 bits per heavy atom. The number of amides is 4. The lowest BCUT2D eigenvalue weighted by Gasteiger charge is -2.33. The van der Waals surface area contributed by atoms with Crippen LogP contribution in [0.2, 0.25) is 0 Å². The Morgan fingerprint density at radius 3 is 1.71 bits per heavy atom. The van der Waals surface area contributed by atoms with Crippen LogP contribution in [0.15, 0.2) is 0 Å². The molecule has 0 bridgehead atoms. The van der Waals surface area contributed by atoms with E-state index >= 15 is 0 Å². The second-order valence-electron chi connectivity index (χ2n) is 12.7. The predicted molar refractivity (Wildman–Crippen MR) is 147 cm³/mol. The van der Waals surface area contributed by atoms with Crippen LogP contribution in [0.25, 0.3) is 0 Å². The number of hydrogen-bond acceptors (Lipinski definition) is 7. The molecule has 220 valence electrons. The van der Waals surface area contributed by atoms with Gasteiger partial charge in [-0.05, 0) is 73.1 Å². The summed E-state index contributed by atoms with van der Waals surface area (Å²) in [5, 5.41) is 10.7. The fourth-order valence-corrected chi connectivity index (χ4v) is 3.44. The van der Waals surface area contributed by atoms with Crippen molar-refractivity contribution in [3.05, 3.63) is 0 Å². The minimum absolute atomic E-state index is 0.0155. The normalized spacial score (nSPS) is 13.9. The van der Waals surface area contributed by atoms with Crippen LogP contribution in [-0.2, 0) is 28.7 Å². The number of carbonyl (C=O) groups is 5. The maximum absolute atomic E-state index is 13.1. The first-order valence-corrected chi connectivity index (χ1v) is 13.3. The summed E-state index contributed by atoms with van der Waals surface area (Å²) in [5.74, 6) is -2.18. The van der Waals surface area contributed by atoms with Crippen LogP contribution in [0, 0.1) is 11.8 Å². The van der Waals surface area contributed by atoms with Crippen LogP contribution in [-0.4, -0.2) is 64.9 Å². The van der Waals surface area contributed by atoms with E-state index in [0.29, 0.717) is 12.8 Å². The molecular formula is C27H51N5O6. The van der Waals surface area contributed by atoms with Gasteiger partial charge in [0.2, 0.25) is 23.6 Å². The molecule has 11 heteroatoms. The summed E-state index contributed by atoms with van der Waals surface area (Å²) in [4.78, 5) is 63.3. The molecule has 0 rings (SSSR count). The molecule has 2 atom stereocenters. The molecule has 0 aromatic carbocycles. The molecule has 0 aromatic rings. The Kier molecular flexibility index (Phi) is 13.4. The third kappa shape index (κ3) is 13.7. The molecule has 0 aliphatic rings. The van der Waals surface area contributed by atoms with Gasteiger partial charge < -0.3 is 31.7 Å². The third-order valence-corrected chi connectivity index (χ3v) is 5.43. The average Bonchev–Trinajstić information content (AvgIpc) is 2.70. The molecule has 0 radical (unpaired) electrons. The summed E-state index contributed by atoms with van der Waals surface area (Å²) in [6, 6.07) is -1.62. The minimum Gasteiger partial charge on any atom is -0.460 e. The highest BCUT2D eigenvalue weighted by atomic mass is 16.6. The molecule has 38 heavy (non-hydrogen) atoms. The smallest absolute Gasteiger partial charge is 0.308 e. The largest absolute Gasteiger partial charge is 0.460 e. The van der Waals surface area contributed by atoms with Crippen molar-refractivity contribution in [2.24, 2.45) is 17.6 Å². The van der Waals surface area contributed by atoms with Crippen molar-refractivity contribution >= 4 is 29.6 Å². The van der Waals surface area contributed by atoms with Crippen molar-refractivity contribution in [1.29, 1.82) is 0 Å². The topological polar surface area (TPSA) is 169 Å². The highest BCUT2D eigenvalue weighted by Gasteiger charge is 2.38. The molecule has 0 spiro atoms. The van der Waals surface area contributed by atoms with Gasteiger partial charge in [-0.3, -0.25) is 24.0 Å². The molecule has 0 heterocycles. The van der Waals surface area contributed by atoms with Crippen LogP contribution in [0.1, 0.15) is 95.4 Å². The fraction of sp³-hybridized carbons (Fsp3) is 0.815. The van der Waals surface area contributed by atoms with Gasteiger partial charge in [0.1, 0.15) is 22.7 Å². The first kappa shape index (κ1) is 35.3. The third-order valence-electron chi connectivity index (χ3n) is 5.43. The number of ether oxygens (including phenoxy) is 1. The number of hydrogen-bond donors (Lipinski definition) is 5. The zero-order chi connectivity index (χ0) is 30.1. The first-order chi connectivity index (χ1) is 17.1. The van der Waals surface area contributed by atoms with Crippen molar-refractivity contribution in [2.75, 3.05) is 6.54 Å². The summed E-state index contributed by atoms with van der Waals surface area (Å²) < 4.78 is 5.21. The monoisotopic (exact) mass is 541 g/mol. The van der Waals surface area contributed by atoms with E-state index in [1.807, 2.05) is 27.7 Å². The van der Waals surface area contributed by atoms with E-state index in [9.17, 15) is 24.0 Å². The van der Waals surface area contributed by atoms with Gasteiger partial charge in [-0.15, -0.1) is 0 Å². The molecule has 0 aliphatic heterocycles. The van der Waals surface area contributed by atoms with Gasteiger partial charge >= 0.3 is 5.97 Å². The molecule has 11 nitrogen and oxygen atoms in total. The number of esters is 1. The number of carbonyl (C=O) groups excluding carboxylic acids is 5. The zero-order valence-corrected chi connectivity index (χ0v) is 25.2. The average molecular weight is 542 g/mol. The molecule has 0 fully saturated rings. The highest BCUT2D eigenvalue weighted by molar-refractivity contribution is 5.97. The summed E-state index contributed by atoms with van der Waals surface area (Å²) in [6.45, 7) is 19.1. The summed E-state index contributed by atoms with van der Waals surface area (Å²) in [7, 11) is 0. The van der Waals surface area contributed by atoms with Gasteiger partial charge in [-0.25, -0.2) is 0 Å².